The highest BCUT2D eigenvalue weighted by Gasteiger charge is 2.31. The van der Waals surface area contributed by atoms with E-state index >= 15 is 0 Å². The fourth-order valence-electron chi connectivity index (χ4n) is 2.59. The van der Waals surface area contributed by atoms with Gasteiger partial charge in [-0.2, -0.15) is 16.8 Å². The van der Waals surface area contributed by atoms with Crippen molar-refractivity contribution in [2.24, 2.45) is 5.92 Å². The summed E-state index contributed by atoms with van der Waals surface area (Å²) in [6, 6.07) is 0. The maximum atomic E-state index is 11.9. The topological polar surface area (TPSA) is 126 Å². The summed E-state index contributed by atoms with van der Waals surface area (Å²) < 4.78 is 62.4. The number of hydrogen-bond donors (Lipinski definition) is 2. The van der Waals surface area contributed by atoms with Crippen LogP contribution in [-0.4, -0.2) is 41.7 Å². The molecule has 1 unspecified atom stereocenters. The van der Waals surface area contributed by atoms with Gasteiger partial charge in [0.25, 0.3) is 20.2 Å². The van der Waals surface area contributed by atoms with Crippen molar-refractivity contribution >= 4 is 26.0 Å². The zero-order valence-corrected chi connectivity index (χ0v) is 17.9. The smallest absolute Gasteiger partial charge is 0.270 e. The van der Waals surface area contributed by atoms with Gasteiger partial charge in [-0.3, -0.25) is 13.9 Å². The Bertz CT molecular complexity index is 634. The first-order valence-corrected chi connectivity index (χ1v) is 12.1. The van der Waals surface area contributed by atoms with E-state index in [2.05, 4.69) is 0 Å². The molecule has 0 aromatic carbocycles. The lowest BCUT2D eigenvalue weighted by Crippen LogP contribution is -2.31. The third-order valence-corrected chi connectivity index (χ3v) is 7.58. The van der Waals surface area contributed by atoms with Gasteiger partial charge in [0.05, 0.1) is 10.00 Å². The minimum absolute atomic E-state index is 0.0581. The van der Waals surface area contributed by atoms with Gasteiger partial charge in [0.2, 0.25) is 0 Å². The van der Waals surface area contributed by atoms with Crippen LogP contribution in [0.2, 0.25) is 0 Å². The van der Waals surface area contributed by atoms with Crippen molar-refractivity contribution in [1.82, 2.24) is 0 Å². The zero-order valence-electron chi connectivity index (χ0n) is 16.3. The molecule has 0 heterocycles. The lowest BCUT2D eigenvalue weighted by molar-refractivity contribution is -0.119. The van der Waals surface area contributed by atoms with Gasteiger partial charge < -0.3 is 0 Å². The first kappa shape index (κ1) is 25.5. The maximum absolute atomic E-state index is 11.9. The molecule has 0 aliphatic carbocycles. The van der Waals surface area contributed by atoms with E-state index < -0.39 is 30.2 Å². The SMILES string of the molecule is CC(C)CCC(CCC(=O)CCCCCC(C)(C)S(=O)(=O)O)S(=O)(=O)O. The molecule has 0 amide bonds. The van der Waals surface area contributed by atoms with E-state index in [1.54, 1.807) is 0 Å². The molecule has 1 atom stereocenters. The van der Waals surface area contributed by atoms with E-state index in [4.69, 9.17) is 4.55 Å². The van der Waals surface area contributed by atoms with Gasteiger partial charge in [0.1, 0.15) is 5.78 Å². The second-order valence-electron chi connectivity index (χ2n) is 7.98. The third-order valence-electron chi connectivity index (χ3n) is 4.67. The molecule has 0 rings (SSSR count). The van der Waals surface area contributed by atoms with E-state index in [9.17, 15) is 26.2 Å². The predicted molar refractivity (Wildman–Crippen MR) is 102 cm³/mol. The Morgan fingerprint density at radius 1 is 0.885 bits per heavy atom. The number of rotatable bonds is 14. The van der Waals surface area contributed by atoms with Gasteiger partial charge in [-0.25, -0.2) is 0 Å². The van der Waals surface area contributed by atoms with Crippen molar-refractivity contribution in [3.05, 3.63) is 0 Å². The normalized spacial score (nSPS) is 14.6. The fourth-order valence-corrected chi connectivity index (χ4v) is 3.84. The van der Waals surface area contributed by atoms with Crippen molar-refractivity contribution < 1.29 is 30.7 Å². The molecule has 0 saturated heterocycles. The standard InChI is InChI=1S/C17H34O7S2/c1-14(2)9-11-16(25(19,20)21)12-10-15(18)8-6-5-7-13-17(3,4)26(22,23)24/h14,16H,5-13H2,1-4H3,(H,19,20,21)(H,22,23,24). The Labute approximate surface area is 158 Å². The molecule has 0 aliphatic rings. The van der Waals surface area contributed by atoms with Gasteiger partial charge in [-0.15, -0.1) is 0 Å². The number of carbonyl (C=O) groups excluding carboxylic acids is 1. The molecule has 7 nitrogen and oxygen atoms in total. The van der Waals surface area contributed by atoms with Crippen molar-refractivity contribution in [2.45, 2.75) is 95.5 Å². The van der Waals surface area contributed by atoms with Crippen LogP contribution in [0.15, 0.2) is 0 Å². The summed E-state index contributed by atoms with van der Waals surface area (Å²) in [6.45, 7) is 6.85. The quantitative estimate of drug-likeness (QED) is 0.328. The maximum Gasteiger partial charge on any atom is 0.270 e. The molecule has 0 aliphatic heterocycles. The van der Waals surface area contributed by atoms with Gasteiger partial charge in [0.15, 0.2) is 0 Å². The number of unbranched alkanes of at least 4 members (excludes halogenated alkanes) is 2. The first-order valence-electron chi connectivity index (χ1n) is 9.12. The summed E-state index contributed by atoms with van der Waals surface area (Å²) >= 11 is 0. The number of ketones is 1. The molecule has 2 N–H and O–H groups in total. The number of carbonyl (C=O) groups is 1. The Hall–Kier alpha value is -0.510. The highest BCUT2D eigenvalue weighted by Crippen LogP contribution is 2.23. The minimum atomic E-state index is -4.15. The lowest BCUT2D eigenvalue weighted by Gasteiger charge is -2.20. The van der Waals surface area contributed by atoms with Crippen LogP contribution in [0.25, 0.3) is 0 Å². The lowest BCUT2D eigenvalue weighted by atomic mass is 10.00. The van der Waals surface area contributed by atoms with Crippen molar-refractivity contribution in [1.29, 1.82) is 0 Å². The molecule has 0 spiro atoms. The molecule has 156 valence electrons. The van der Waals surface area contributed by atoms with Gasteiger partial charge in [-0.1, -0.05) is 26.7 Å². The summed E-state index contributed by atoms with van der Waals surface area (Å²) in [6.07, 6.45) is 3.66. The van der Waals surface area contributed by atoms with E-state index in [1.165, 1.54) is 13.8 Å². The fraction of sp³-hybridized carbons (Fsp3) is 0.941. The molecular weight excluding hydrogens is 380 g/mol. The second-order valence-corrected chi connectivity index (χ2v) is 11.7. The van der Waals surface area contributed by atoms with Gasteiger partial charge >= 0.3 is 0 Å². The van der Waals surface area contributed by atoms with E-state index in [1.807, 2.05) is 13.8 Å². The summed E-state index contributed by atoms with van der Waals surface area (Å²) in [5.41, 5.74) is 0. The van der Waals surface area contributed by atoms with Crippen LogP contribution in [0.5, 0.6) is 0 Å². The van der Waals surface area contributed by atoms with Crippen LogP contribution in [0, 0.1) is 5.92 Å². The molecule has 0 fully saturated rings. The van der Waals surface area contributed by atoms with Crippen LogP contribution >= 0.6 is 0 Å². The Morgan fingerprint density at radius 3 is 1.92 bits per heavy atom. The predicted octanol–water partition coefficient (Wildman–Crippen LogP) is 3.65. The van der Waals surface area contributed by atoms with Gasteiger partial charge in [0, 0.05) is 12.8 Å². The molecule has 0 saturated carbocycles. The van der Waals surface area contributed by atoms with Crippen LogP contribution < -0.4 is 0 Å². The van der Waals surface area contributed by atoms with Gasteiger partial charge in [-0.05, 0) is 51.9 Å². The largest absolute Gasteiger partial charge is 0.300 e. The minimum Gasteiger partial charge on any atom is -0.300 e. The van der Waals surface area contributed by atoms with E-state index in [-0.39, 0.29) is 18.6 Å². The zero-order chi connectivity index (χ0) is 20.6. The Morgan fingerprint density at radius 2 is 1.46 bits per heavy atom. The first-order chi connectivity index (χ1) is 11.7. The number of Topliss-reactive ketones (excluding diaryl/α,β-unsaturated/α-hetero) is 1. The Balaban J connectivity index is 4.18. The summed E-state index contributed by atoms with van der Waals surface area (Å²) in [4.78, 5) is 11.9. The molecule has 0 radical (unpaired) electrons. The van der Waals surface area contributed by atoms with E-state index in [0.29, 0.717) is 50.9 Å². The molecule has 9 heteroatoms. The summed E-state index contributed by atoms with van der Waals surface area (Å²) in [7, 11) is -8.25. The highest BCUT2D eigenvalue weighted by atomic mass is 32.2. The monoisotopic (exact) mass is 414 g/mol. The molecule has 0 aromatic rings. The van der Waals surface area contributed by atoms with E-state index in [0.717, 1.165) is 0 Å². The van der Waals surface area contributed by atoms with Crippen molar-refractivity contribution in [2.75, 3.05) is 0 Å². The molecule has 0 aromatic heterocycles. The molecule has 0 bridgehead atoms. The Kier molecular flexibility index (Phi) is 10.5. The number of hydrogen-bond acceptors (Lipinski definition) is 5. The molecule has 26 heavy (non-hydrogen) atoms. The van der Waals surface area contributed by atoms with Crippen LogP contribution in [-0.2, 0) is 25.0 Å². The highest BCUT2D eigenvalue weighted by molar-refractivity contribution is 7.87. The van der Waals surface area contributed by atoms with Crippen LogP contribution in [0.4, 0.5) is 0 Å². The van der Waals surface area contributed by atoms with Crippen LogP contribution in [0.1, 0.15) is 85.5 Å². The average Bonchev–Trinajstić information content (AvgIpc) is 2.43. The average molecular weight is 415 g/mol. The van der Waals surface area contributed by atoms with Crippen LogP contribution in [0.3, 0.4) is 0 Å². The summed E-state index contributed by atoms with van der Waals surface area (Å²) in [5, 5.41) is -0.899. The molecular formula is C17H34O7S2. The third kappa shape index (κ3) is 10.6. The summed E-state index contributed by atoms with van der Waals surface area (Å²) in [5.74, 6) is 0.263. The van der Waals surface area contributed by atoms with Crippen molar-refractivity contribution in [3.63, 3.8) is 0 Å². The second kappa shape index (κ2) is 10.7. The van der Waals surface area contributed by atoms with Crippen molar-refractivity contribution in [3.8, 4) is 0 Å².